The third-order valence-corrected chi connectivity index (χ3v) is 6.00. The summed E-state index contributed by atoms with van der Waals surface area (Å²) in [6.07, 6.45) is 5.39. The second-order valence-electron chi connectivity index (χ2n) is 10.5. The highest BCUT2D eigenvalue weighted by Gasteiger charge is 2.31. The van der Waals surface area contributed by atoms with Crippen molar-refractivity contribution in [1.29, 1.82) is 0 Å². The van der Waals surface area contributed by atoms with Crippen LogP contribution in [0.3, 0.4) is 0 Å². The van der Waals surface area contributed by atoms with Gasteiger partial charge in [0.15, 0.2) is 6.23 Å². The fourth-order valence-corrected chi connectivity index (χ4v) is 4.23. The van der Waals surface area contributed by atoms with Crippen molar-refractivity contribution in [2.75, 3.05) is 26.3 Å². The minimum atomic E-state index is -0.582. The molecule has 1 aliphatic heterocycles. The van der Waals surface area contributed by atoms with Crippen LogP contribution in [-0.2, 0) is 23.8 Å². The van der Waals surface area contributed by atoms with Crippen LogP contribution >= 0.6 is 0 Å². The van der Waals surface area contributed by atoms with E-state index in [-0.39, 0.29) is 18.3 Å². The molecule has 0 amide bonds. The summed E-state index contributed by atoms with van der Waals surface area (Å²) >= 11 is 0. The zero-order chi connectivity index (χ0) is 27.5. The highest BCUT2D eigenvalue weighted by molar-refractivity contribution is 5.88. The van der Waals surface area contributed by atoms with Gasteiger partial charge in [-0.1, -0.05) is 49.7 Å². The van der Waals surface area contributed by atoms with Crippen molar-refractivity contribution in [3.8, 4) is 16.9 Å². The number of nitrogens with zero attached hydrogens (tertiary/aromatic N) is 1. The summed E-state index contributed by atoms with van der Waals surface area (Å²) < 4.78 is 23.4. The predicted octanol–water partition coefficient (Wildman–Crippen LogP) is 5.87. The maximum absolute atomic E-state index is 12.4. The summed E-state index contributed by atoms with van der Waals surface area (Å²) in [6.45, 7) is 11.4. The van der Waals surface area contributed by atoms with E-state index in [0.717, 1.165) is 42.5 Å². The monoisotopic (exact) mass is 523 g/mol. The summed E-state index contributed by atoms with van der Waals surface area (Å²) in [5.74, 6) is -0.0686. The third-order valence-electron chi connectivity index (χ3n) is 6.00. The molecule has 0 bridgehead atoms. The topological polar surface area (TPSA) is 74.3 Å². The predicted molar refractivity (Wildman–Crippen MR) is 149 cm³/mol. The minimum absolute atomic E-state index is 0.166. The second-order valence-corrected chi connectivity index (χ2v) is 10.5. The smallest absolute Gasteiger partial charge is 0.331 e. The number of unbranched alkanes of at least 4 members (excludes halogenated alkanes) is 1. The molecule has 2 atom stereocenters. The quantitative estimate of drug-likeness (QED) is 0.196. The first-order valence-electron chi connectivity index (χ1n) is 13.4. The summed E-state index contributed by atoms with van der Waals surface area (Å²) in [6, 6.07) is 16.0. The van der Waals surface area contributed by atoms with Crippen LogP contribution in [0.5, 0.6) is 5.75 Å². The van der Waals surface area contributed by atoms with Crippen LogP contribution in [0, 0.1) is 0 Å². The number of likely N-dealkylation sites (tertiary alicyclic amines) is 1. The molecule has 38 heavy (non-hydrogen) atoms. The summed E-state index contributed by atoms with van der Waals surface area (Å²) in [4.78, 5) is 26.1. The van der Waals surface area contributed by atoms with Crippen molar-refractivity contribution in [2.45, 2.75) is 71.8 Å². The van der Waals surface area contributed by atoms with Gasteiger partial charge in [0.2, 0.25) is 0 Å². The van der Waals surface area contributed by atoms with E-state index in [1.165, 1.54) is 13.0 Å². The average molecular weight is 524 g/mol. The molecule has 0 aromatic heterocycles. The van der Waals surface area contributed by atoms with Crippen LogP contribution in [0.4, 0.5) is 0 Å². The highest BCUT2D eigenvalue weighted by Crippen LogP contribution is 2.30. The van der Waals surface area contributed by atoms with Crippen LogP contribution in [0.15, 0.2) is 54.6 Å². The number of esters is 2. The Labute approximate surface area is 226 Å². The molecule has 0 aliphatic carbocycles. The molecular weight excluding hydrogens is 482 g/mol. The van der Waals surface area contributed by atoms with Crippen molar-refractivity contribution in [3.05, 3.63) is 60.2 Å². The first kappa shape index (κ1) is 29.4. The molecule has 1 heterocycles. The van der Waals surface area contributed by atoms with Gasteiger partial charge in [-0.25, -0.2) is 4.79 Å². The molecule has 1 fully saturated rings. The Kier molecular flexibility index (Phi) is 10.9. The Hall–Kier alpha value is -3.16. The average Bonchev–Trinajstić information content (AvgIpc) is 3.32. The van der Waals surface area contributed by atoms with Crippen molar-refractivity contribution < 1.29 is 28.5 Å². The molecule has 2 aromatic rings. The number of hydrogen-bond acceptors (Lipinski definition) is 7. The van der Waals surface area contributed by atoms with E-state index in [9.17, 15) is 9.59 Å². The lowest BCUT2D eigenvalue weighted by molar-refractivity contribution is -0.148. The normalized spacial score (nSPS) is 16.9. The molecule has 0 radical (unpaired) electrons. The molecule has 7 heteroatoms. The van der Waals surface area contributed by atoms with Crippen molar-refractivity contribution in [3.63, 3.8) is 0 Å². The molecule has 1 saturated heterocycles. The van der Waals surface area contributed by atoms with Gasteiger partial charge in [-0.15, -0.1) is 0 Å². The Balaban J connectivity index is 1.87. The number of carbonyl (C=O) groups excluding carboxylic acids is 2. The third kappa shape index (κ3) is 9.62. The Morgan fingerprint density at radius 2 is 1.87 bits per heavy atom. The fourth-order valence-electron chi connectivity index (χ4n) is 4.23. The molecular formula is C31H41NO6. The van der Waals surface area contributed by atoms with Crippen LogP contribution in [0.25, 0.3) is 17.2 Å². The van der Waals surface area contributed by atoms with Crippen molar-refractivity contribution in [2.24, 2.45) is 0 Å². The highest BCUT2D eigenvalue weighted by atomic mass is 16.6. The molecule has 0 spiro atoms. The van der Waals surface area contributed by atoms with Gasteiger partial charge in [0.05, 0.1) is 6.61 Å². The Bertz CT molecular complexity index is 1080. The lowest BCUT2D eigenvalue weighted by Gasteiger charge is -2.29. The van der Waals surface area contributed by atoms with E-state index in [0.29, 0.717) is 25.5 Å². The van der Waals surface area contributed by atoms with E-state index >= 15 is 0 Å². The Morgan fingerprint density at radius 3 is 2.55 bits per heavy atom. The molecule has 0 N–H and O–H groups in total. The van der Waals surface area contributed by atoms with E-state index in [2.05, 4.69) is 11.8 Å². The Morgan fingerprint density at radius 1 is 1.11 bits per heavy atom. The number of benzene rings is 2. The van der Waals surface area contributed by atoms with Crippen LogP contribution < -0.4 is 4.74 Å². The van der Waals surface area contributed by atoms with Gasteiger partial charge >= 0.3 is 11.9 Å². The van der Waals surface area contributed by atoms with E-state index < -0.39 is 11.6 Å². The van der Waals surface area contributed by atoms with Gasteiger partial charge in [-0.05, 0) is 62.9 Å². The first-order valence-corrected chi connectivity index (χ1v) is 13.4. The van der Waals surface area contributed by atoms with Gasteiger partial charge in [-0.3, -0.25) is 9.69 Å². The van der Waals surface area contributed by atoms with Crippen molar-refractivity contribution in [1.82, 2.24) is 4.90 Å². The first-order chi connectivity index (χ1) is 18.1. The standard InChI is InChI=1S/C31H41NO6/c1-6-7-19-35-22-29(32-18-17-27(21-32)36-23(2)33)37-28-15-13-25(24-11-9-8-10-12-24)20-26(28)14-16-30(34)38-31(3,4)5/h8-16,20,27,29H,6-7,17-19,21-22H2,1-5H3/b16-14+. The van der Waals surface area contributed by atoms with Crippen LogP contribution in [-0.4, -0.2) is 61.1 Å². The van der Waals surface area contributed by atoms with Crippen LogP contribution in [0.1, 0.15) is 59.4 Å². The maximum Gasteiger partial charge on any atom is 0.331 e. The largest absolute Gasteiger partial charge is 0.472 e. The lowest BCUT2D eigenvalue weighted by atomic mass is 10.0. The molecule has 7 nitrogen and oxygen atoms in total. The van der Waals surface area contributed by atoms with Crippen molar-refractivity contribution >= 4 is 18.0 Å². The second kappa shape index (κ2) is 14.1. The summed E-state index contributed by atoms with van der Waals surface area (Å²) in [5, 5.41) is 0. The molecule has 2 aromatic carbocycles. The molecule has 206 valence electrons. The zero-order valence-electron chi connectivity index (χ0n) is 23.3. The number of ether oxygens (including phenoxy) is 4. The van der Waals surface area contributed by atoms with Gasteiger partial charge < -0.3 is 18.9 Å². The number of hydrogen-bond donors (Lipinski definition) is 0. The van der Waals surface area contributed by atoms with Crippen LogP contribution in [0.2, 0.25) is 0 Å². The number of rotatable bonds is 12. The van der Waals surface area contributed by atoms with Gasteiger partial charge in [-0.2, -0.15) is 0 Å². The zero-order valence-corrected chi connectivity index (χ0v) is 23.3. The molecule has 0 saturated carbocycles. The maximum atomic E-state index is 12.4. The molecule has 3 rings (SSSR count). The SMILES string of the molecule is CCCCOCC(Oc1ccc(-c2ccccc2)cc1/C=C/C(=O)OC(C)(C)C)N1CCC(OC(C)=O)C1. The fraction of sp³-hybridized carbons (Fsp3) is 0.484. The summed E-state index contributed by atoms with van der Waals surface area (Å²) in [5.41, 5.74) is 2.25. The number of carbonyl (C=O) groups is 2. The van der Waals surface area contributed by atoms with E-state index in [1.807, 2.05) is 69.3 Å². The van der Waals surface area contributed by atoms with Gasteiger partial charge in [0.1, 0.15) is 17.5 Å². The van der Waals surface area contributed by atoms with Gasteiger partial charge in [0, 0.05) is 38.3 Å². The lowest BCUT2D eigenvalue weighted by Crippen LogP contribution is -2.42. The van der Waals surface area contributed by atoms with E-state index in [1.54, 1.807) is 6.08 Å². The van der Waals surface area contributed by atoms with Gasteiger partial charge in [0.25, 0.3) is 0 Å². The molecule has 1 aliphatic rings. The molecule has 2 unspecified atom stereocenters. The summed E-state index contributed by atoms with van der Waals surface area (Å²) in [7, 11) is 0. The van der Waals surface area contributed by atoms with E-state index in [4.69, 9.17) is 18.9 Å². The minimum Gasteiger partial charge on any atom is -0.472 e.